The fourth-order valence-corrected chi connectivity index (χ4v) is 2.65. The highest BCUT2D eigenvalue weighted by atomic mass is 19.4. The van der Waals surface area contributed by atoms with Crippen LogP contribution in [-0.4, -0.2) is 44.4 Å². The van der Waals surface area contributed by atoms with Gasteiger partial charge in [-0.3, -0.25) is 14.6 Å². The number of halogens is 3. The number of alkyl halides is 3. The number of aromatic nitrogens is 4. The van der Waals surface area contributed by atoms with E-state index in [0.29, 0.717) is 24.2 Å². The van der Waals surface area contributed by atoms with Gasteiger partial charge in [-0.15, -0.1) is 0 Å². The molecule has 0 aliphatic rings. The van der Waals surface area contributed by atoms with Gasteiger partial charge in [0.1, 0.15) is 5.69 Å². The molecule has 27 heavy (non-hydrogen) atoms. The second-order valence-electron chi connectivity index (χ2n) is 6.09. The van der Waals surface area contributed by atoms with E-state index in [2.05, 4.69) is 10.2 Å². The second kappa shape index (κ2) is 7.65. The fraction of sp³-hybridized carbons (Fsp3) is 0.278. The van der Waals surface area contributed by atoms with Crippen LogP contribution >= 0.6 is 0 Å². The number of aromatic amines is 1. The van der Waals surface area contributed by atoms with Crippen molar-refractivity contribution in [3.8, 4) is 11.3 Å². The van der Waals surface area contributed by atoms with Gasteiger partial charge in [-0.25, -0.2) is 0 Å². The van der Waals surface area contributed by atoms with Gasteiger partial charge in [0.05, 0.1) is 5.69 Å². The Kier molecular flexibility index (Phi) is 5.29. The van der Waals surface area contributed by atoms with Gasteiger partial charge in [-0.2, -0.15) is 23.4 Å². The van der Waals surface area contributed by atoms with Crippen LogP contribution in [-0.2, 0) is 12.7 Å². The summed E-state index contributed by atoms with van der Waals surface area (Å²) in [5, 5.41) is 9.78. The van der Waals surface area contributed by atoms with E-state index in [1.165, 1.54) is 0 Å². The number of hydrogen-bond donors (Lipinski definition) is 1. The smallest absolute Gasteiger partial charge is 0.342 e. The van der Waals surface area contributed by atoms with Crippen molar-refractivity contribution in [2.45, 2.75) is 19.1 Å². The third-order valence-corrected chi connectivity index (χ3v) is 4.08. The van der Waals surface area contributed by atoms with Crippen molar-refractivity contribution in [1.82, 2.24) is 24.9 Å². The zero-order chi connectivity index (χ0) is 19.4. The number of benzene rings is 1. The molecule has 2 aromatic heterocycles. The first-order valence-corrected chi connectivity index (χ1v) is 8.30. The molecule has 0 saturated heterocycles. The van der Waals surface area contributed by atoms with E-state index < -0.39 is 11.9 Å². The lowest BCUT2D eigenvalue weighted by molar-refractivity contribution is -0.141. The van der Waals surface area contributed by atoms with E-state index in [-0.39, 0.29) is 11.6 Å². The van der Waals surface area contributed by atoms with Gasteiger partial charge in [-0.05, 0) is 30.7 Å². The molecule has 6 nitrogen and oxygen atoms in total. The lowest BCUT2D eigenvalue weighted by atomic mass is 10.1. The zero-order valence-electron chi connectivity index (χ0n) is 14.6. The predicted octanol–water partition coefficient (Wildman–Crippen LogP) is 3.45. The summed E-state index contributed by atoms with van der Waals surface area (Å²) in [6.07, 6.45) is -0.213. The van der Waals surface area contributed by atoms with Crippen LogP contribution in [0, 0.1) is 0 Å². The highest BCUT2D eigenvalue weighted by molar-refractivity contribution is 5.95. The van der Waals surface area contributed by atoms with Crippen LogP contribution in [0.4, 0.5) is 13.2 Å². The molecule has 2 heterocycles. The summed E-state index contributed by atoms with van der Waals surface area (Å²) < 4.78 is 39.9. The Balaban J connectivity index is 1.67. The van der Waals surface area contributed by atoms with Crippen molar-refractivity contribution < 1.29 is 18.0 Å². The molecule has 0 bridgehead atoms. The van der Waals surface area contributed by atoms with Gasteiger partial charge in [0.15, 0.2) is 0 Å². The highest BCUT2D eigenvalue weighted by Crippen LogP contribution is 2.30. The largest absolute Gasteiger partial charge is 0.432 e. The lowest BCUT2D eigenvalue weighted by Gasteiger charge is -2.17. The summed E-state index contributed by atoms with van der Waals surface area (Å²) in [4.78, 5) is 14.2. The molecular formula is C18H18F3N5O. The Morgan fingerprint density at radius 1 is 1.26 bits per heavy atom. The molecular weight excluding hydrogens is 359 g/mol. The van der Waals surface area contributed by atoms with Crippen LogP contribution in [0.25, 0.3) is 11.3 Å². The molecule has 0 saturated carbocycles. The topological polar surface area (TPSA) is 66.8 Å². The van der Waals surface area contributed by atoms with Crippen LogP contribution in [0.15, 0.2) is 48.8 Å². The van der Waals surface area contributed by atoms with Gasteiger partial charge >= 0.3 is 6.18 Å². The number of nitrogens with zero attached hydrogens (tertiary/aromatic N) is 4. The predicted molar refractivity (Wildman–Crippen MR) is 92.8 cm³/mol. The maximum atomic E-state index is 12.7. The molecule has 1 aromatic carbocycles. The van der Waals surface area contributed by atoms with E-state index in [1.54, 1.807) is 47.1 Å². The van der Waals surface area contributed by atoms with Gasteiger partial charge in [-0.1, -0.05) is 12.1 Å². The van der Waals surface area contributed by atoms with Gasteiger partial charge in [0.2, 0.25) is 0 Å². The number of amides is 1. The Hall–Kier alpha value is -3.10. The van der Waals surface area contributed by atoms with E-state index in [9.17, 15) is 18.0 Å². The van der Waals surface area contributed by atoms with E-state index in [4.69, 9.17) is 0 Å². The van der Waals surface area contributed by atoms with E-state index in [0.717, 1.165) is 12.5 Å². The minimum Gasteiger partial charge on any atom is -0.342 e. The van der Waals surface area contributed by atoms with Crippen molar-refractivity contribution in [3.63, 3.8) is 0 Å². The molecule has 0 atom stereocenters. The van der Waals surface area contributed by atoms with E-state index in [1.807, 2.05) is 17.4 Å². The lowest BCUT2D eigenvalue weighted by Crippen LogP contribution is -2.28. The maximum absolute atomic E-state index is 12.7. The fourth-order valence-electron chi connectivity index (χ4n) is 2.65. The van der Waals surface area contributed by atoms with Crippen molar-refractivity contribution in [1.29, 1.82) is 0 Å². The van der Waals surface area contributed by atoms with Crippen LogP contribution in [0.5, 0.6) is 0 Å². The first kappa shape index (κ1) is 18.7. The number of carbonyl (C=O) groups excluding carboxylic acids is 1. The quantitative estimate of drug-likeness (QED) is 0.715. The van der Waals surface area contributed by atoms with Crippen molar-refractivity contribution in [2.75, 3.05) is 13.6 Å². The minimum atomic E-state index is -4.49. The van der Waals surface area contributed by atoms with Crippen LogP contribution in [0.3, 0.4) is 0 Å². The minimum absolute atomic E-state index is 0.137. The van der Waals surface area contributed by atoms with Crippen LogP contribution < -0.4 is 0 Å². The number of H-pyrrole nitrogens is 1. The maximum Gasteiger partial charge on any atom is 0.432 e. The van der Waals surface area contributed by atoms with E-state index >= 15 is 0 Å². The number of rotatable bonds is 6. The van der Waals surface area contributed by atoms with Crippen molar-refractivity contribution >= 4 is 5.91 Å². The van der Waals surface area contributed by atoms with Crippen LogP contribution in [0.1, 0.15) is 22.5 Å². The van der Waals surface area contributed by atoms with Crippen molar-refractivity contribution in [2.24, 2.45) is 0 Å². The zero-order valence-corrected chi connectivity index (χ0v) is 14.6. The SMILES string of the molecule is CN(CCCn1cccn1)C(=O)c1cccc(-c2cc(C(F)(F)F)[nH]n2)c1. The molecule has 3 rings (SSSR count). The Morgan fingerprint density at radius 3 is 2.74 bits per heavy atom. The van der Waals surface area contributed by atoms with Crippen LogP contribution in [0.2, 0.25) is 0 Å². The average molecular weight is 377 g/mol. The molecule has 0 radical (unpaired) electrons. The van der Waals surface area contributed by atoms with Gasteiger partial charge in [0, 0.05) is 43.7 Å². The number of nitrogens with one attached hydrogen (secondary N) is 1. The molecule has 0 aliphatic heterocycles. The highest BCUT2D eigenvalue weighted by Gasteiger charge is 2.33. The Bertz CT molecular complexity index is 902. The first-order chi connectivity index (χ1) is 12.8. The average Bonchev–Trinajstić information content (AvgIpc) is 3.32. The first-order valence-electron chi connectivity index (χ1n) is 8.30. The molecule has 0 fully saturated rings. The number of aryl methyl sites for hydroxylation is 1. The summed E-state index contributed by atoms with van der Waals surface area (Å²) in [5.41, 5.74) is 0.0477. The monoisotopic (exact) mass is 377 g/mol. The summed E-state index contributed by atoms with van der Waals surface area (Å²) >= 11 is 0. The molecule has 1 N–H and O–H groups in total. The molecule has 142 valence electrons. The molecule has 3 aromatic rings. The molecule has 1 amide bonds. The molecule has 0 unspecified atom stereocenters. The third kappa shape index (κ3) is 4.55. The Labute approximate surface area is 153 Å². The molecule has 0 spiro atoms. The summed E-state index contributed by atoms with van der Waals surface area (Å²) in [7, 11) is 1.69. The Morgan fingerprint density at radius 2 is 2.07 bits per heavy atom. The van der Waals surface area contributed by atoms with Gasteiger partial charge < -0.3 is 4.90 Å². The van der Waals surface area contributed by atoms with Gasteiger partial charge in [0.25, 0.3) is 5.91 Å². The third-order valence-electron chi connectivity index (χ3n) is 4.08. The molecule has 9 heteroatoms. The normalized spacial score (nSPS) is 11.6. The number of carbonyl (C=O) groups is 1. The molecule has 0 aliphatic carbocycles. The second-order valence-corrected chi connectivity index (χ2v) is 6.09. The summed E-state index contributed by atoms with van der Waals surface area (Å²) in [6.45, 7) is 1.22. The van der Waals surface area contributed by atoms with Crippen molar-refractivity contribution in [3.05, 3.63) is 60.0 Å². The standard InChI is InChI=1S/C18H18F3N5O/c1-25(8-4-10-26-9-3-7-22-26)17(27)14-6-2-5-13(11-14)15-12-16(24-23-15)18(19,20)21/h2-3,5-7,9,11-12H,4,8,10H2,1H3,(H,23,24). The summed E-state index contributed by atoms with van der Waals surface area (Å²) in [5.74, 6) is -0.205. The number of hydrogen-bond acceptors (Lipinski definition) is 3. The summed E-state index contributed by atoms with van der Waals surface area (Å²) in [6, 6.07) is 9.18.